The third-order valence-corrected chi connectivity index (χ3v) is 10.8. The molecular formula is C35H35N3O2S2. The van der Waals surface area contributed by atoms with Crippen molar-refractivity contribution < 1.29 is 8.42 Å². The van der Waals surface area contributed by atoms with Crippen molar-refractivity contribution in [2.24, 2.45) is 10.9 Å². The van der Waals surface area contributed by atoms with Gasteiger partial charge in [0.1, 0.15) is 0 Å². The minimum absolute atomic E-state index is 0.355. The Morgan fingerprint density at radius 2 is 1.33 bits per heavy atom. The molecule has 0 saturated carbocycles. The van der Waals surface area contributed by atoms with Gasteiger partial charge in [0.2, 0.25) is 10.0 Å². The van der Waals surface area contributed by atoms with Gasteiger partial charge in [-0.3, -0.25) is 0 Å². The molecule has 5 aromatic rings. The Kier molecular flexibility index (Phi) is 8.79. The fourth-order valence-corrected chi connectivity index (χ4v) is 8.04. The van der Waals surface area contributed by atoms with Crippen LogP contribution in [0.25, 0.3) is 11.3 Å². The van der Waals surface area contributed by atoms with Crippen LogP contribution < -0.4 is 4.80 Å². The lowest BCUT2D eigenvalue weighted by Gasteiger charge is -2.31. The molecule has 0 aliphatic carbocycles. The zero-order valence-electron chi connectivity index (χ0n) is 23.5. The first-order chi connectivity index (χ1) is 20.6. The van der Waals surface area contributed by atoms with E-state index in [1.807, 2.05) is 54.6 Å². The van der Waals surface area contributed by atoms with Crippen LogP contribution in [0, 0.1) is 5.92 Å². The van der Waals surface area contributed by atoms with Gasteiger partial charge in [-0.15, -0.1) is 11.3 Å². The van der Waals surface area contributed by atoms with E-state index in [4.69, 9.17) is 4.99 Å². The van der Waals surface area contributed by atoms with E-state index in [-0.39, 0.29) is 0 Å². The molecule has 0 spiro atoms. The minimum atomic E-state index is -3.54. The van der Waals surface area contributed by atoms with E-state index < -0.39 is 10.0 Å². The molecule has 0 bridgehead atoms. The summed E-state index contributed by atoms with van der Waals surface area (Å²) >= 11 is 1.60. The van der Waals surface area contributed by atoms with E-state index in [1.165, 1.54) is 11.1 Å². The summed E-state index contributed by atoms with van der Waals surface area (Å²) in [5.41, 5.74) is 5.52. The van der Waals surface area contributed by atoms with Crippen LogP contribution in [0.15, 0.2) is 131 Å². The van der Waals surface area contributed by atoms with Crippen molar-refractivity contribution in [1.82, 2.24) is 8.87 Å². The first-order valence-electron chi connectivity index (χ1n) is 14.5. The van der Waals surface area contributed by atoms with Crippen LogP contribution in [-0.4, -0.2) is 30.4 Å². The molecular weight excluding hydrogens is 559 g/mol. The fourth-order valence-electron chi connectivity index (χ4n) is 5.61. The van der Waals surface area contributed by atoms with Crippen LogP contribution in [0.4, 0.5) is 5.69 Å². The summed E-state index contributed by atoms with van der Waals surface area (Å²) in [6.07, 6.45) is 3.65. The molecule has 1 saturated heterocycles. The lowest BCUT2D eigenvalue weighted by atomic mass is 9.91. The minimum Gasteiger partial charge on any atom is -0.316 e. The van der Waals surface area contributed by atoms with Gasteiger partial charge >= 0.3 is 0 Å². The number of benzene rings is 4. The van der Waals surface area contributed by atoms with Gasteiger partial charge in [0.25, 0.3) is 0 Å². The van der Waals surface area contributed by atoms with E-state index in [9.17, 15) is 8.42 Å². The van der Waals surface area contributed by atoms with Crippen LogP contribution in [-0.2, 0) is 29.4 Å². The number of nitrogens with zero attached hydrogens (tertiary/aromatic N) is 3. The second-order valence-corrected chi connectivity index (χ2v) is 13.6. The van der Waals surface area contributed by atoms with Crippen LogP contribution >= 0.6 is 11.3 Å². The van der Waals surface area contributed by atoms with Crippen molar-refractivity contribution in [3.05, 3.63) is 137 Å². The highest BCUT2D eigenvalue weighted by atomic mass is 32.2. The van der Waals surface area contributed by atoms with Gasteiger partial charge in [0.15, 0.2) is 4.80 Å². The molecule has 42 heavy (non-hydrogen) atoms. The van der Waals surface area contributed by atoms with Crippen LogP contribution in [0.2, 0.25) is 0 Å². The molecule has 5 nitrogen and oxygen atoms in total. The summed E-state index contributed by atoms with van der Waals surface area (Å²) in [5, 5.41) is 2.12. The highest BCUT2D eigenvalue weighted by molar-refractivity contribution is 7.89. The van der Waals surface area contributed by atoms with Gasteiger partial charge in [-0.05, 0) is 72.6 Å². The number of sulfonamides is 1. The Morgan fingerprint density at radius 1 is 0.738 bits per heavy atom. The standard InChI is InChI=1S/C35H35N3O2S2/c39-42(40,37-23-20-30(21-24-37)26-29-12-6-2-7-13-29)33-18-16-31(17-19-33)34-27-41-35(36-32-14-8-3-9-15-32)38(34)25-22-28-10-4-1-5-11-28/h1-19,27,30H,20-26H2. The molecule has 0 amide bonds. The zero-order chi connectivity index (χ0) is 28.8. The van der Waals surface area contributed by atoms with Crippen molar-refractivity contribution in [1.29, 1.82) is 0 Å². The molecule has 0 N–H and O–H groups in total. The van der Waals surface area contributed by atoms with Gasteiger partial charge in [-0.1, -0.05) is 91.0 Å². The van der Waals surface area contributed by atoms with E-state index in [2.05, 4.69) is 58.5 Å². The Morgan fingerprint density at radius 3 is 1.98 bits per heavy atom. The Bertz CT molecular complexity index is 1760. The number of aromatic nitrogens is 1. The third-order valence-electron chi connectivity index (χ3n) is 7.97. The Labute approximate surface area is 252 Å². The SMILES string of the molecule is O=S(=O)(c1ccc(-c2csc(=Nc3ccccc3)n2CCc2ccccc2)cc1)N1CCC(Cc2ccccc2)CC1. The molecule has 1 aromatic heterocycles. The monoisotopic (exact) mass is 593 g/mol. The second-order valence-electron chi connectivity index (χ2n) is 10.8. The van der Waals surface area contributed by atoms with E-state index >= 15 is 0 Å². The molecule has 0 unspecified atom stereocenters. The number of para-hydroxylation sites is 1. The number of hydrogen-bond acceptors (Lipinski definition) is 4. The molecule has 1 aliphatic heterocycles. The smallest absolute Gasteiger partial charge is 0.243 e. The average Bonchev–Trinajstić information content (AvgIpc) is 3.44. The van der Waals surface area contributed by atoms with Crippen LogP contribution in [0.3, 0.4) is 0 Å². The number of thiazole rings is 1. The van der Waals surface area contributed by atoms with Crippen molar-refractivity contribution in [3.8, 4) is 11.3 Å². The van der Waals surface area contributed by atoms with Crippen LogP contribution in [0.1, 0.15) is 24.0 Å². The summed E-state index contributed by atoms with van der Waals surface area (Å²) < 4.78 is 31.0. The third kappa shape index (κ3) is 6.65. The summed E-state index contributed by atoms with van der Waals surface area (Å²) in [6.45, 7) is 1.90. The Balaban J connectivity index is 1.21. The maximum absolute atomic E-state index is 13.5. The largest absolute Gasteiger partial charge is 0.316 e. The molecule has 1 aliphatic rings. The van der Waals surface area contributed by atoms with Crippen LogP contribution in [0.5, 0.6) is 0 Å². The molecule has 4 aromatic carbocycles. The summed E-state index contributed by atoms with van der Waals surface area (Å²) in [6, 6.07) is 38.3. The molecule has 6 rings (SSSR count). The van der Waals surface area contributed by atoms with Gasteiger partial charge in [0.05, 0.1) is 16.3 Å². The van der Waals surface area contributed by atoms with E-state index in [1.54, 1.807) is 27.8 Å². The van der Waals surface area contributed by atoms with Gasteiger partial charge in [-0.25, -0.2) is 13.4 Å². The van der Waals surface area contributed by atoms with Crippen molar-refractivity contribution in [2.45, 2.75) is 37.1 Å². The summed E-state index contributed by atoms with van der Waals surface area (Å²) in [7, 11) is -3.54. The van der Waals surface area contributed by atoms with Gasteiger partial charge < -0.3 is 4.57 Å². The summed E-state index contributed by atoms with van der Waals surface area (Å²) in [5.74, 6) is 0.515. The predicted octanol–water partition coefficient (Wildman–Crippen LogP) is 7.34. The highest BCUT2D eigenvalue weighted by Gasteiger charge is 2.29. The fraction of sp³-hybridized carbons (Fsp3) is 0.229. The van der Waals surface area contributed by atoms with Crippen molar-refractivity contribution in [3.63, 3.8) is 0 Å². The van der Waals surface area contributed by atoms with Crippen molar-refractivity contribution in [2.75, 3.05) is 13.1 Å². The maximum atomic E-state index is 13.5. The molecule has 0 atom stereocenters. The topological polar surface area (TPSA) is 54.7 Å². The predicted molar refractivity (Wildman–Crippen MR) is 171 cm³/mol. The van der Waals surface area contributed by atoms with Crippen molar-refractivity contribution >= 4 is 27.0 Å². The quantitative estimate of drug-likeness (QED) is 0.180. The molecule has 1 fully saturated rings. The first kappa shape index (κ1) is 28.3. The normalized spacial score (nSPS) is 15.2. The highest BCUT2D eigenvalue weighted by Crippen LogP contribution is 2.28. The maximum Gasteiger partial charge on any atom is 0.243 e. The zero-order valence-corrected chi connectivity index (χ0v) is 25.2. The number of piperidine rings is 1. The second kappa shape index (κ2) is 13.0. The van der Waals surface area contributed by atoms with E-state index in [0.717, 1.165) is 54.0 Å². The molecule has 7 heteroatoms. The van der Waals surface area contributed by atoms with Gasteiger partial charge in [0, 0.05) is 25.0 Å². The molecule has 0 radical (unpaired) electrons. The number of hydrogen-bond donors (Lipinski definition) is 0. The molecule has 214 valence electrons. The number of aryl methyl sites for hydroxylation is 1. The average molecular weight is 594 g/mol. The van der Waals surface area contributed by atoms with E-state index in [0.29, 0.717) is 23.9 Å². The Hall–Kier alpha value is -3.78. The molecule has 2 heterocycles. The number of rotatable bonds is 9. The first-order valence-corrected chi connectivity index (χ1v) is 16.8. The lowest BCUT2D eigenvalue weighted by molar-refractivity contribution is 0.273. The summed E-state index contributed by atoms with van der Waals surface area (Å²) in [4.78, 5) is 6.20. The van der Waals surface area contributed by atoms with Gasteiger partial charge in [-0.2, -0.15) is 4.31 Å². The lowest BCUT2D eigenvalue weighted by Crippen LogP contribution is -2.38.